The van der Waals surface area contributed by atoms with Crippen LogP contribution in [-0.2, 0) is 0 Å². The van der Waals surface area contributed by atoms with E-state index in [-0.39, 0.29) is 19.0 Å². The monoisotopic (exact) mass is 238 g/mol. The van der Waals surface area contributed by atoms with Gasteiger partial charge in [-0.1, -0.05) is 0 Å². The van der Waals surface area contributed by atoms with E-state index in [9.17, 15) is 15.0 Å². The fourth-order valence-electron chi connectivity index (χ4n) is 1.75. The molecule has 0 aliphatic carbocycles. The number of methoxy groups -OCH3 is 1. The molecule has 92 valence electrons. The van der Waals surface area contributed by atoms with Gasteiger partial charge in [0, 0.05) is 25.4 Å². The molecule has 1 fully saturated rings. The number of nitrogens with zero attached hydrogens (tertiary/aromatic N) is 2. The SMILES string of the molecule is COc1ccc(C(=O)N2CC(O)C(O)C2)cn1. The van der Waals surface area contributed by atoms with E-state index in [1.54, 1.807) is 12.1 Å². The molecule has 0 aromatic carbocycles. The van der Waals surface area contributed by atoms with Gasteiger partial charge in [0.2, 0.25) is 5.88 Å². The van der Waals surface area contributed by atoms with E-state index >= 15 is 0 Å². The van der Waals surface area contributed by atoms with E-state index in [2.05, 4.69) is 4.98 Å². The number of β-amino-alcohol motifs (C(OH)–C–C–N with tert-alkyl or cyclic N) is 2. The Kier molecular flexibility index (Phi) is 3.26. The second-order valence-corrected chi connectivity index (χ2v) is 3.93. The number of likely N-dealkylation sites (tertiary alicyclic amines) is 1. The van der Waals surface area contributed by atoms with Crippen molar-refractivity contribution in [1.82, 2.24) is 9.88 Å². The van der Waals surface area contributed by atoms with Crippen LogP contribution in [-0.4, -0.2) is 58.4 Å². The van der Waals surface area contributed by atoms with Gasteiger partial charge in [-0.05, 0) is 6.07 Å². The first-order valence-corrected chi connectivity index (χ1v) is 5.27. The van der Waals surface area contributed by atoms with Crippen LogP contribution >= 0.6 is 0 Å². The van der Waals surface area contributed by atoms with Crippen LogP contribution in [0.1, 0.15) is 10.4 Å². The second-order valence-electron chi connectivity index (χ2n) is 3.93. The Balaban J connectivity index is 2.09. The molecule has 2 atom stereocenters. The first-order valence-electron chi connectivity index (χ1n) is 5.27. The molecule has 1 aliphatic heterocycles. The largest absolute Gasteiger partial charge is 0.481 e. The molecule has 6 nitrogen and oxygen atoms in total. The number of aliphatic hydroxyl groups is 2. The summed E-state index contributed by atoms with van der Waals surface area (Å²) in [7, 11) is 1.50. The highest BCUT2D eigenvalue weighted by molar-refractivity contribution is 5.94. The minimum atomic E-state index is -0.870. The van der Waals surface area contributed by atoms with Crippen molar-refractivity contribution >= 4 is 5.91 Å². The van der Waals surface area contributed by atoms with Crippen molar-refractivity contribution < 1.29 is 19.7 Å². The Hall–Kier alpha value is -1.66. The Bertz CT molecular complexity index is 396. The van der Waals surface area contributed by atoms with E-state index in [4.69, 9.17) is 4.74 Å². The Labute approximate surface area is 98.5 Å². The van der Waals surface area contributed by atoms with Crippen molar-refractivity contribution in [2.24, 2.45) is 0 Å². The normalized spacial score (nSPS) is 23.8. The van der Waals surface area contributed by atoms with Gasteiger partial charge in [0.05, 0.1) is 24.9 Å². The highest BCUT2D eigenvalue weighted by Gasteiger charge is 2.32. The number of rotatable bonds is 2. The lowest BCUT2D eigenvalue weighted by Gasteiger charge is -2.15. The van der Waals surface area contributed by atoms with Crippen LogP contribution in [0.25, 0.3) is 0 Å². The summed E-state index contributed by atoms with van der Waals surface area (Å²) in [6.45, 7) is 0.290. The molecule has 2 rings (SSSR count). The topological polar surface area (TPSA) is 82.9 Å². The van der Waals surface area contributed by atoms with E-state index in [1.165, 1.54) is 18.2 Å². The van der Waals surface area contributed by atoms with Crippen molar-refractivity contribution in [3.8, 4) is 5.88 Å². The highest BCUT2D eigenvalue weighted by atomic mass is 16.5. The standard InChI is InChI=1S/C11H14N2O4/c1-17-10-3-2-7(4-12-10)11(16)13-5-8(14)9(15)6-13/h2-4,8-9,14-15H,5-6H2,1H3. The minimum absolute atomic E-state index is 0.145. The zero-order valence-electron chi connectivity index (χ0n) is 9.41. The molecule has 1 amide bonds. The van der Waals surface area contributed by atoms with Crippen LogP contribution in [0, 0.1) is 0 Å². The average Bonchev–Trinajstić information content (AvgIpc) is 2.69. The summed E-state index contributed by atoms with van der Waals surface area (Å²) >= 11 is 0. The van der Waals surface area contributed by atoms with Crippen LogP contribution in [0.3, 0.4) is 0 Å². The molecule has 0 saturated carbocycles. The molecular formula is C11H14N2O4. The molecule has 2 unspecified atom stereocenters. The summed E-state index contributed by atoms with van der Waals surface area (Å²) in [5.74, 6) is 0.179. The van der Waals surface area contributed by atoms with Gasteiger partial charge in [-0.3, -0.25) is 4.79 Å². The summed E-state index contributed by atoms with van der Waals surface area (Å²) in [5, 5.41) is 18.7. The van der Waals surface area contributed by atoms with E-state index < -0.39 is 12.2 Å². The Morgan fingerprint density at radius 3 is 2.53 bits per heavy atom. The molecule has 0 spiro atoms. The van der Waals surface area contributed by atoms with Crippen LogP contribution in [0.2, 0.25) is 0 Å². The van der Waals surface area contributed by atoms with Crippen molar-refractivity contribution in [1.29, 1.82) is 0 Å². The maximum Gasteiger partial charge on any atom is 0.255 e. The number of hydrogen-bond donors (Lipinski definition) is 2. The lowest BCUT2D eigenvalue weighted by atomic mass is 10.2. The molecule has 1 aliphatic rings. The number of amides is 1. The van der Waals surface area contributed by atoms with Gasteiger partial charge >= 0.3 is 0 Å². The van der Waals surface area contributed by atoms with Crippen LogP contribution in [0.15, 0.2) is 18.3 Å². The molecule has 1 aromatic rings. The quantitative estimate of drug-likeness (QED) is 0.709. The average molecular weight is 238 g/mol. The van der Waals surface area contributed by atoms with Gasteiger partial charge in [0.15, 0.2) is 0 Å². The van der Waals surface area contributed by atoms with E-state index in [0.29, 0.717) is 11.4 Å². The summed E-state index contributed by atoms with van der Waals surface area (Å²) in [6, 6.07) is 3.20. The number of carbonyl (C=O) groups excluding carboxylic acids is 1. The highest BCUT2D eigenvalue weighted by Crippen LogP contribution is 2.15. The van der Waals surface area contributed by atoms with Crippen LogP contribution < -0.4 is 4.74 Å². The summed E-state index contributed by atoms with van der Waals surface area (Å²) < 4.78 is 4.89. The zero-order valence-corrected chi connectivity index (χ0v) is 9.41. The van der Waals surface area contributed by atoms with Crippen molar-refractivity contribution in [2.75, 3.05) is 20.2 Å². The molecule has 2 N–H and O–H groups in total. The van der Waals surface area contributed by atoms with Gasteiger partial charge in [0.25, 0.3) is 5.91 Å². The lowest BCUT2D eigenvalue weighted by molar-refractivity contribution is 0.0572. The van der Waals surface area contributed by atoms with Crippen LogP contribution in [0.5, 0.6) is 5.88 Å². The third-order valence-corrected chi connectivity index (χ3v) is 2.74. The molecule has 17 heavy (non-hydrogen) atoms. The predicted molar refractivity (Wildman–Crippen MR) is 58.7 cm³/mol. The lowest BCUT2D eigenvalue weighted by Crippen LogP contribution is -2.29. The number of hydrogen-bond acceptors (Lipinski definition) is 5. The van der Waals surface area contributed by atoms with Crippen LogP contribution in [0.4, 0.5) is 0 Å². The van der Waals surface area contributed by atoms with Gasteiger partial charge < -0.3 is 19.8 Å². The van der Waals surface area contributed by atoms with E-state index in [0.717, 1.165) is 0 Å². The predicted octanol–water partition coefficient (Wildman–Crippen LogP) is -0.732. The molecular weight excluding hydrogens is 224 g/mol. The molecule has 0 bridgehead atoms. The first-order chi connectivity index (χ1) is 8.11. The molecule has 1 saturated heterocycles. The number of aromatic nitrogens is 1. The first kappa shape index (κ1) is 11.8. The number of carbonyl (C=O) groups is 1. The number of ether oxygens (including phenoxy) is 1. The van der Waals surface area contributed by atoms with Gasteiger partial charge in [-0.2, -0.15) is 0 Å². The number of aliphatic hydroxyl groups excluding tert-OH is 2. The number of pyridine rings is 1. The molecule has 1 aromatic heterocycles. The fourth-order valence-corrected chi connectivity index (χ4v) is 1.75. The zero-order chi connectivity index (χ0) is 12.4. The van der Waals surface area contributed by atoms with Gasteiger partial charge in [0.1, 0.15) is 0 Å². The third kappa shape index (κ3) is 2.37. The summed E-state index contributed by atoms with van der Waals surface area (Å²) in [4.78, 5) is 17.3. The molecule has 2 heterocycles. The maximum absolute atomic E-state index is 12.0. The maximum atomic E-state index is 12.0. The summed E-state index contributed by atoms with van der Waals surface area (Å²) in [6.07, 6.45) is -0.326. The van der Waals surface area contributed by atoms with Gasteiger partial charge in [-0.15, -0.1) is 0 Å². The van der Waals surface area contributed by atoms with Crippen molar-refractivity contribution in [2.45, 2.75) is 12.2 Å². The summed E-state index contributed by atoms with van der Waals surface area (Å²) in [5.41, 5.74) is 0.409. The Morgan fingerprint density at radius 1 is 1.41 bits per heavy atom. The molecule has 0 radical (unpaired) electrons. The van der Waals surface area contributed by atoms with Gasteiger partial charge in [-0.25, -0.2) is 4.98 Å². The second kappa shape index (κ2) is 4.68. The third-order valence-electron chi connectivity index (χ3n) is 2.74. The van der Waals surface area contributed by atoms with E-state index in [1.807, 2.05) is 0 Å². The van der Waals surface area contributed by atoms with Crippen molar-refractivity contribution in [3.05, 3.63) is 23.9 Å². The Morgan fingerprint density at radius 2 is 2.06 bits per heavy atom. The smallest absolute Gasteiger partial charge is 0.255 e. The fraction of sp³-hybridized carbons (Fsp3) is 0.455. The minimum Gasteiger partial charge on any atom is -0.481 e. The molecule has 6 heteroatoms. The van der Waals surface area contributed by atoms with Crippen molar-refractivity contribution in [3.63, 3.8) is 0 Å².